The first-order valence-corrected chi connectivity index (χ1v) is 8.17. The zero-order chi connectivity index (χ0) is 17.9. The van der Waals surface area contributed by atoms with Crippen LogP contribution < -0.4 is 15.4 Å². The lowest BCUT2D eigenvalue weighted by Gasteiger charge is -2.43. The fraction of sp³-hybridized carbons (Fsp3) is 0.316. The zero-order valence-electron chi connectivity index (χ0n) is 14.4. The molecule has 1 amide bonds. The highest BCUT2D eigenvalue weighted by atomic mass is 35.5. The van der Waals surface area contributed by atoms with E-state index in [2.05, 4.69) is 10.6 Å². The van der Waals surface area contributed by atoms with Crippen LogP contribution in [0.25, 0.3) is 0 Å². The van der Waals surface area contributed by atoms with Gasteiger partial charge in [0.1, 0.15) is 0 Å². The third kappa shape index (κ3) is 3.82. The van der Waals surface area contributed by atoms with Crippen LogP contribution in [0.1, 0.15) is 22.3 Å². The molecule has 2 aromatic rings. The maximum absolute atomic E-state index is 13.9. The fourth-order valence-corrected chi connectivity index (χ4v) is 3.24. The van der Waals surface area contributed by atoms with Crippen molar-refractivity contribution in [3.05, 3.63) is 65.5 Å². The topological polar surface area (TPSA) is 70.6 Å². The Hall–Kier alpha value is -2.15. The lowest BCUT2D eigenvalue weighted by atomic mass is 9.79. The number of β-amino-alcohol motifs (C(OH)–C–C–N with tert-alkyl or cyclic N) is 1. The summed E-state index contributed by atoms with van der Waals surface area (Å²) in [6.45, 7) is 1.02. The van der Waals surface area contributed by atoms with Crippen LogP contribution in [-0.2, 0) is 5.54 Å². The molecule has 26 heavy (non-hydrogen) atoms. The summed E-state index contributed by atoms with van der Waals surface area (Å²) in [5, 5.41) is 16.7. The van der Waals surface area contributed by atoms with Gasteiger partial charge in [-0.15, -0.1) is 12.4 Å². The molecule has 3 N–H and O–H groups in total. The minimum Gasteiger partial charge on any atom is -0.494 e. The van der Waals surface area contributed by atoms with Crippen molar-refractivity contribution in [1.82, 2.24) is 10.6 Å². The molecule has 0 radical (unpaired) electrons. The van der Waals surface area contributed by atoms with Crippen LogP contribution in [0, 0.1) is 5.82 Å². The van der Waals surface area contributed by atoms with Crippen molar-refractivity contribution >= 4 is 18.3 Å². The first-order valence-electron chi connectivity index (χ1n) is 8.17. The monoisotopic (exact) mass is 380 g/mol. The van der Waals surface area contributed by atoms with Gasteiger partial charge in [0, 0.05) is 12.1 Å². The van der Waals surface area contributed by atoms with E-state index in [4.69, 9.17) is 4.74 Å². The number of ether oxygens (including phenoxy) is 1. The van der Waals surface area contributed by atoms with Crippen LogP contribution in [0.2, 0.25) is 0 Å². The predicted octanol–water partition coefficient (Wildman–Crippen LogP) is 2.24. The van der Waals surface area contributed by atoms with Gasteiger partial charge in [0.15, 0.2) is 11.6 Å². The second-order valence-corrected chi connectivity index (χ2v) is 6.11. The van der Waals surface area contributed by atoms with E-state index in [0.29, 0.717) is 19.5 Å². The van der Waals surface area contributed by atoms with Gasteiger partial charge in [-0.25, -0.2) is 4.39 Å². The average Bonchev–Trinajstić information content (AvgIpc) is 2.64. The molecule has 0 spiro atoms. The summed E-state index contributed by atoms with van der Waals surface area (Å²) in [6, 6.07) is 13.4. The third-order valence-electron chi connectivity index (χ3n) is 4.64. The number of hydrogen-bond donors (Lipinski definition) is 3. The van der Waals surface area contributed by atoms with Crippen LogP contribution in [0.4, 0.5) is 4.39 Å². The zero-order valence-corrected chi connectivity index (χ0v) is 15.2. The number of piperidine rings is 1. The molecule has 2 aromatic carbocycles. The molecular weight excluding hydrogens is 359 g/mol. The minimum atomic E-state index is -0.917. The number of nitrogens with one attached hydrogen (secondary N) is 2. The quantitative estimate of drug-likeness (QED) is 0.760. The summed E-state index contributed by atoms with van der Waals surface area (Å²) >= 11 is 0. The van der Waals surface area contributed by atoms with Crippen LogP contribution >= 0.6 is 12.4 Å². The Kier molecular flexibility index (Phi) is 6.58. The fourth-order valence-electron chi connectivity index (χ4n) is 3.24. The van der Waals surface area contributed by atoms with Gasteiger partial charge in [-0.3, -0.25) is 4.79 Å². The Morgan fingerprint density at radius 3 is 2.65 bits per heavy atom. The summed E-state index contributed by atoms with van der Waals surface area (Å²) in [6.07, 6.45) is -0.265. The molecule has 0 saturated carbocycles. The molecule has 0 aromatic heterocycles. The predicted molar refractivity (Wildman–Crippen MR) is 99.3 cm³/mol. The summed E-state index contributed by atoms with van der Waals surface area (Å²) in [5.74, 6) is -0.961. The number of carbonyl (C=O) groups is 1. The molecule has 3 rings (SSSR count). The third-order valence-corrected chi connectivity index (χ3v) is 4.64. The van der Waals surface area contributed by atoms with E-state index >= 15 is 0 Å². The van der Waals surface area contributed by atoms with E-state index in [1.54, 1.807) is 0 Å². The number of halogens is 2. The van der Waals surface area contributed by atoms with Crippen molar-refractivity contribution in [1.29, 1.82) is 0 Å². The first-order chi connectivity index (χ1) is 12.1. The number of carbonyl (C=O) groups excluding carboxylic acids is 1. The standard InChI is InChI=1S/C19H21FN2O3.ClH/c1-25-16-8-7-13(11-15(16)20)18(24)22-19(9-10-21-12-17(19)23)14-5-3-2-4-6-14;/h2-8,11,17,21,23H,9-10,12H2,1H3,(H,22,24);1H/t17-,19+;/m1./s1. The summed E-state index contributed by atoms with van der Waals surface area (Å²) in [5.41, 5.74) is 0.0886. The molecule has 1 aliphatic rings. The molecule has 0 aliphatic carbocycles. The normalized spacial score (nSPS) is 22.2. The van der Waals surface area contributed by atoms with Gasteiger partial charge >= 0.3 is 0 Å². The van der Waals surface area contributed by atoms with Gasteiger partial charge < -0.3 is 20.5 Å². The molecule has 5 nitrogen and oxygen atoms in total. The van der Waals surface area contributed by atoms with Crippen molar-refractivity contribution < 1.29 is 19.0 Å². The van der Waals surface area contributed by atoms with Crippen LogP contribution in [0.5, 0.6) is 5.75 Å². The molecule has 2 atom stereocenters. The van der Waals surface area contributed by atoms with E-state index in [1.807, 2.05) is 30.3 Å². The van der Waals surface area contributed by atoms with E-state index < -0.39 is 23.4 Å². The molecule has 1 aliphatic heterocycles. The van der Waals surface area contributed by atoms with Crippen LogP contribution in [0.15, 0.2) is 48.5 Å². The maximum atomic E-state index is 13.9. The highest BCUT2D eigenvalue weighted by Crippen LogP contribution is 2.31. The van der Waals surface area contributed by atoms with Crippen molar-refractivity contribution in [2.24, 2.45) is 0 Å². The molecule has 1 saturated heterocycles. The maximum Gasteiger partial charge on any atom is 0.252 e. The Balaban J connectivity index is 0.00000243. The van der Waals surface area contributed by atoms with Gasteiger partial charge in [0.05, 0.1) is 18.8 Å². The minimum absolute atomic E-state index is 0. The lowest BCUT2D eigenvalue weighted by Crippen LogP contribution is -2.61. The molecular formula is C19H22ClFN2O3. The molecule has 1 heterocycles. The van der Waals surface area contributed by atoms with Crippen LogP contribution in [-0.4, -0.2) is 37.3 Å². The summed E-state index contributed by atoms with van der Waals surface area (Å²) in [4.78, 5) is 12.7. The van der Waals surface area contributed by atoms with Crippen molar-refractivity contribution in [3.63, 3.8) is 0 Å². The Morgan fingerprint density at radius 2 is 2.04 bits per heavy atom. The van der Waals surface area contributed by atoms with Gasteiger partial charge in [-0.05, 0) is 36.7 Å². The summed E-state index contributed by atoms with van der Waals surface area (Å²) < 4.78 is 18.8. The molecule has 7 heteroatoms. The van der Waals surface area contributed by atoms with E-state index in [0.717, 1.165) is 11.6 Å². The second kappa shape index (κ2) is 8.49. The number of amides is 1. The first kappa shape index (κ1) is 20.2. The molecule has 140 valence electrons. The average molecular weight is 381 g/mol. The van der Waals surface area contributed by atoms with Crippen molar-refractivity contribution in [2.45, 2.75) is 18.1 Å². The number of methoxy groups -OCH3 is 1. The van der Waals surface area contributed by atoms with Crippen LogP contribution in [0.3, 0.4) is 0 Å². The Morgan fingerprint density at radius 1 is 1.31 bits per heavy atom. The lowest BCUT2D eigenvalue weighted by molar-refractivity contribution is 0.0289. The van der Waals surface area contributed by atoms with Gasteiger partial charge in [0.25, 0.3) is 5.91 Å². The van der Waals surface area contributed by atoms with Crippen molar-refractivity contribution in [3.8, 4) is 5.75 Å². The number of rotatable bonds is 4. The molecule has 0 unspecified atom stereocenters. The van der Waals surface area contributed by atoms with Gasteiger partial charge in [-0.2, -0.15) is 0 Å². The Labute approximate surface area is 158 Å². The second-order valence-electron chi connectivity index (χ2n) is 6.11. The smallest absolute Gasteiger partial charge is 0.252 e. The molecule has 1 fully saturated rings. The number of hydrogen-bond acceptors (Lipinski definition) is 4. The van der Waals surface area contributed by atoms with E-state index in [-0.39, 0.29) is 23.7 Å². The highest BCUT2D eigenvalue weighted by Gasteiger charge is 2.42. The van der Waals surface area contributed by atoms with Gasteiger partial charge in [-0.1, -0.05) is 30.3 Å². The van der Waals surface area contributed by atoms with E-state index in [1.165, 1.54) is 19.2 Å². The van der Waals surface area contributed by atoms with E-state index in [9.17, 15) is 14.3 Å². The number of aliphatic hydroxyl groups excluding tert-OH is 1. The Bertz CT molecular complexity index is 760. The number of benzene rings is 2. The highest BCUT2D eigenvalue weighted by molar-refractivity contribution is 5.95. The SMILES string of the molecule is COc1ccc(C(=O)N[C@]2(c3ccccc3)CCNC[C@H]2O)cc1F.Cl. The number of aliphatic hydroxyl groups is 1. The summed E-state index contributed by atoms with van der Waals surface area (Å²) in [7, 11) is 1.37. The largest absolute Gasteiger partial charge is 0.494 e. The molecule has 0 bridgehead atoms. The van der Waals surface area contributed by atoms with Crippen molar-refractivity contribution in [2.75, 3.05) is 20.2 Å². The van der Waals surface area contributed by atoms with Gasteiger partial charge in [0.2, 0.25) is 0 Å².